The quantitative estimate of drug-likeness (QED) is 0.808. The lowest BCUT2D eigenvalue weighted by Gasteiger charge is -2.22. The summed E-state index contributed by atoms with van der Waals surface area (Å²) in [5.41, 5.74) is 1.01. The van der Waals surface area contributed by atoms with Gasteiger partial charge in [0.15, 0.2) is 0 Å². The molecule has 0 radical (unpaired) electrons. The molecule has 82 valence electrons. The first-order valence-electron chi connectivity index (χ1n) is 5.57. The molecule has 0 aliphatic carbocycles. The minimum atomic E-state index is 0.299. The molecular weight excluding hydrogens is 190 g/mol. The number of rotatable bonds is 3. The summed E-state index contributed by atoms with van der Waals surface area (Å²) in [5, 5.41) is 3.30. The third kappa shape index (κ3) is 2.89. The average Bonchev–Trinajstić information content (AvgIpc) is 2.31. The van der Waals surface area contributed by atoms with Crippen molar-refractivity contribution in [1.29, 1.82) is 0 Å². The van der Waals surface area contributed by atoms with Crippen molar-refractivity contribution in [1.82, 2.24) is 15.3 Å². The van der Waals surface area contributed by atoms with Crippen LogP contribution in [0.5, 0.6) is 5.88 Å². The van der Waals surface area contributed by atoms with E-state index in [1.807, 2.05) is 0 Å². The summed E-state index contributed by atoms with van der Waals surface area (Å²) in [4.78, 5) is 8.50. The molecule has 0 unspecified atom stereocenters. The minimum absolute atomic E-state index is 0.299. The van der Waals surface area contributed by atoms with E-state index in [2.05, 4.69) is 22.2 Å². The van der Waals surface area contributed by atoms with Crippen LogP contribution in [0.3, 0.4) is 0 Å². The van der Waals surface area contributed by atoms with Gasteiger partial charge in [0.05, 0.1) is 18.1 Å². The third-order valence-corrected chi connectivity index (χ3v) is 2.62. The van der Waals surface area contributed by atoms with Gasteiger partial charge in [0.25, 0.3) is 0 Å². The number of aryl methyl sites for hydroxylation is 1. The molecule has 1 aromatic heterocycles. The van der Waals surface area contributed by atoms with Crippen LogP contribution in [0.2, 0.25) is 0 Å². The number of piperidine rings is 1. The molecule has 0 spiro atoms. The molecule has 1 fully saturated rings. The van der Waals surface area contributed by atoms with Crippen molar-refractivity contribution < 1.29 is 4.74 Å². The summed E-state index contributed by atoms with van der Waals surface area (Å²) >= 11 is 0. The van der Waals surface area contributed by atoms with Crippen molar-refractivity contribution in [3.63, 3.8) is 0 Å². The Kier molecular flexibility index (Phi) is 3.50. The zero-order valence-corrected chi connectivity index (χ0v) is 9.07. The molecular formula is C11H17N3O. The van der Waals surface area contributed by atoms with Gasteiger partial charge in [-0.2, -0.15) is 0 Å². The molecule has 1 aromatic rings. The lowest BCUT2D eigenvalue weighted by molar-refractivity contribution is 0.155. The van der Waals surface area contributed by atoms with Crippen LogP contribution in [0.15, 0.2) is 12.4 Å². The fraction of sp³-hybridized carbons (Fsp3) is 0.636. The number of nitrogens with one attached hydrogen (secondary N) is 1. The van der Waals surface area contributed by atoms with Gasteiger partial charge in [-0.05, 0) is 32.4 Å². The highest BCUT2D eigenvalue weighted by Crippen LogP contribution is 2.12. The number of hydrogen-bond acceptors (Lipinski definition) is 4. The highest BCUT2D eigenvalue weighted by atomic mass is 16.5. The van der Waals surface area contributed by atoms with Gasteiger partial charge in [-0.3, -0.25) is 4.98 Å². The van der Waals surface area contributed by atoms with Crippen LogP contribution < -0.4 is 10.1 Å². The molecule has 15 heavy (non-hydrogen) atoms. The minimum Gasteiger partial charge on any atom is -0.473 e. The zero-order valence-electron chi connectivity index (χ0n) is 9.07. The normalized spacial score (nSPS) is 17.7. The molecule has 1 saturated heterocycles. The average molecular weight is 207 g/mol. The van der Waals surface area contributed by atoms with Crippen LogP contribution in [-0.2, 0) is 6.42 Å². The molecule has 1 N–H and O–H groups in total. The standard InChI is InChI=1S/C11H17N3O/c1-2-9-7-14-11(8-13-9)15-10-3-5-12-6-4-10/h7-8,10,12H,2-6H2,1H3. The Bertz CT molecular complexity index is 293. The predicted octanol–water partition coefficient (Wildman–Crippen LogP) is 1.17. The highest BCUT2D eigenvalue weighted by Gasteiger charge is 2.14. The van der Waals surface area contributed by atoms with E-state index >= 15 is 0 Å². The van der Waals surface area contributed by atoms with Crippen LogP contribution in [0.25, 0.3) is 0 Å². The number of nitrogens with zero attached hydrogens (tertiary/aromatic N) is 2. The second-order valence-corrected chi connectivity index (χ2v) is 3.77. The van der Waals surface area contributed by atoms with Crippen molar-refractivity contribution in [3.05, 3.63) is 18.1 Å². The van der Waals surface area contributed by atoms with E-state index in [1.165, 1.54) is 0 Å². The first-order chi connectivity index (χ1) is 7.38. The number of aromatic nitrogens is 2. The van der Waals surface area contributed by atoms with Gasteiger partial charge in [-0.15, -0.1) is 0 Å². The zero-order chi connectivity index (χ0) is 10.5. The van der Waals surface area contributed by atoms with Crippen molar-refractivity contribution in [2.75, 3.05) is 13.1 Å². The molecule has 2 rings (SSSR count). The maximum absolute atomic E-state index is 5.74. The Balaban J connectivity index is 1.91. The molecule has 0 atom stereocenters. The Labute approximate surface area is 90.1 Å². The van der Waals surface area contributed by atoms with Gasteiger partial charge in [-0.25, -0.2) is 4.98 Å². The van der Waals surface area contributed by atoms with E-state index in [1.54, 1.807) is 12.4 Å². The van der Waals surface area contributed by atoms with Crippen LogP contribution in [0.4, 0.5) is 0 Å². The Morgan fingerprint density at radius 2 is 2.13 bits per heavy atom. The molecule has 0 aromatic carbocycles. The monoisotopic (exact) mass is 207 g/mol. The molecule has 0 amide bonds. The van der Waals surface area contributed by atoms with E-state index in [-0.39, 0.29) is 0 Å². The third-order valence-electron chi connectivity index (χ3n) is 2.62. The summed E-state index contributed by atoms with van der Waals surface area (Å²) in [6.45, 7) is 4.13. The Morgan fingerprint density at radius 1 is 1.33 bits per heavy atom. The first kappa shape index (κ1) is 10.4. The number of hydrogen-bond donors (Lipinski definition) is 1. The maximum atomic E-state index is 5.74. The van der Waals surface area contributed by atoms with Crippen molar-refractivity contribution in [2.24, 2.45) is 0 Å². The van der Waals surface area contributed by atoms with E-state index in [0.717, 1.165) is 38.0 Å². The van der Waals surface area contributed by atoms with Crippen LogP contribution in [0, 0.1) is 0 Å². The maximum Gasteiger partial charge on any atom is 0.232 e. The molecule has 1 aliphatic rings. The van der Waals surface area contributed by atoms with Crippen LogP contribution >= 0.6 is 0 Å². The fourth-order valence-electron chi connectivity index (χ4n) is 1.67. The molecule has 0 bridgehead atoms. The van der Waals surface area contributed by atoms with Gasteiger partial charge in [-0.1, -0.05) is 6.92 Å². The van der Waals surface area contributed by atoms with Gasteiger partial charge < -0.3 is 10.1 Å². The van der Waals surface area contributed by atoms with Gasteiger partial charge in [0.2, 0.25) is 5.88 Å². The lowest BCUT2D eigenvalue weighted by atomic mass is 10.1. The van der Waals surface area contributed by atoms with E-state index < -0.39 is 0 Å². The molecule has 2 heterocycles. The van der Waals surface area contributed by atoms with Gasteiger partial charge >= 0.3 is 0 Å². The fourth-order valence-corrected chi connectivity index (χ4v) is 1.67. The summed E-state index contributed by atoms with van der Waals surface area (Å²) in [6, 6.07) is 0. The Hall–Kier alpha value is -1.16. The van der Waals surface area contributed by atoms with E-state index in [9.17, 15) is 0 Å². The molecule has 0 saturated carbocycles. The van der Waals surface area contributed by atoms with E-state index in [0.29, 0.717) is 12.0 Å². The summed E-state index contributed by atoms with van der Waals surface area (Å²) in [7, 11) is 0. The van der Waals surface area contributed by atoms with Crippen molar-refractivity contribution in [3.8, 4) is 5.88 Å². The van der Waals surface area contributed by atoms with Crippen molar-refractivity contribution in [2.45, 2.75) is 32.3 Å². The number of ether oxygens (including phenoxy) is 1. The lowest BCUT2D eigenvalue weighted by Crippen LogP contribution is -2.34. The SMILES string of the molecule is CCc1cnc(OC2CCNCC2)cn1. The van der Waals surface area contributed by atoms with Gasteiger partial charge in [0.1, 0.15) is 6.10 Å². The van der Waals surface area contributed by atoms with E-state index in [4.69, 9.17) is 4.74 Å². The van der Waals surface area contributed by atoms with Crippen LogP contribution in [0.1, 0.15) is 25.5 Å². The van der Waals surface area contributed by atoms with Crippen molar-refractivity contribution >= 4 is 0 Å². The smallest absolute Gasteiger partial charge is 0.232 e. The molecule has 1 aliphatic heterocycles. The summed E-state index contributed by atoms with van der Waals surface area (Å²) in [5.74, 6) is 0.652. The first-order valence-corrected chi connectivity index (χ1v) is 5.57. The predicted molar refractivity (Wildman–Crippen MR) is 57.9 cm³/mol. The van der Waals surface area contributed by atoms with Gasteiger partial charge in [0, 0.05) is 0 Å². The Morgan fingerprint density at radius 3 is 2.73 bits per heavy atom. The van der Waals surface area contributed by atoms with Crippen LogP contribution in [-0.4, -0.2) is 29.2 Å². The highest BCUT2D eigenvalue weighted by molar-refractivity contribution is 5.07. The summed E-state index contributed by atoms with van der Waals surface area (Å²) in [6.07, 6.45) is 6.83. The topological polar surface area (TPSA) is 47.0 Å². The molecule has 4 heteroatoms. The second-order valence-electron chi connectivity index (χ2n) is 3.77. The largest absolute Gasteiger partial charge is 0.473 e. The second kappa shape index (κ2) is 5.07. The molecule has 4 nitrogen and oxygen atoms in total. The summed E-state index contributed by atoms with van der Waals surface area (Å²) < 4.78 is 5.74.